The molecule has 0 bridgehead atoms. The fraction of sp³-hybridized carbons (Fsp3) is 0.167. The molecule has 24 heavy (non-hydrogen) atoms. The second kappa shape index (κ2) is 7.31. The Hall–Kier alpha value is -2.60. The van der Waals surface area contributed by atoms with Crippen molar-refractivity contribution in [3.63, 3.8) is 0 Å². The lowest BCUT2D eigenvalue weighted by molar-refractivity contribution is 1.15. The van der Waals surface area contributed by atoms with E-state index in [1.165, 1.54) is 38.2 Å². The zero-order valence-corrected chi connectivity index (χ0v) is 14.7. The summed E-state index contributed by atoms with van der Waals surface area (Å²) in [6.45, 7) is 6.49. The van der Waals surface area contributed by atoms with Gasteiger partial charge in [-0.15, -0.1) is 0 Å². The molecule has 0 aliphatic carbocycles. The van der Waals surface area contributed by atoms with E-state index in [4.69, 9.17) is 0 Å². The summed E-state index contributed by atoms with van der Waals surface area (Å²) in [5, 5.41) is 5.42. The number of fused-ring (bicyclic) bond motifs is 2. The Labute approximate surface area is 144 Å². The summed E-state index contributed by atoms with van der Waals surface area (Å²) < 4.78 is 0. The highest BCUT2D eigenvalue weighted by molar-refractivity contribution is 5.88. The van der Waals surface area contributed by atoms with Crippen molar-refractivity contribution in [2.45, 2.75) is 27.2 Å². The Kier molecular flexibility index (Phi) is 4.96. The maximum Gasteiger partial charge on any atom is -0.0152 e. The van der Waals surface area contributed by atoms with E-state index in [2.05, 4.69) is 99.6 Å². The predicted octanol–water partition coefficient (Wildman–Crippen LogP) is 6.86. The Morgan fingerprint density at radius 1 is 0.583 bits per heavy atom. The smallest absolute Gasteiger partial charge is 0.0152 e. The molecule has 0 unspecified atom stereocenters. The summed E-state index contributed by atoms with van der Waals surface area (Å²) in [6.07, 6.45) is 1.12. The van der Waals surface area contributed by atoms with Gasteiger partial charge in [0, 0.05) is 0 Å². The Morgan fingerprint density at radius 2 is 1.12 bits per heavy atom. The molecule has 0 heteroatoms. The number of aryl methyl sites for hydroxylation is 3. The third-order valence-electron chi connectivity index (χ3n) is 4.58. The molecule has 0 N–H and O–H groups in total. The van der Waals surface area contributed by atoms with Gasteiger partial charge in [-0.05, 0) is 58.5 Å². The topological polar surface area (TPSA) is 0 Å². The van der Waals surface area contributed by atoms with Gasteiger partial charge < -0.3 is 0 Å². The Balaban J connectivity index is 0.000000141. The van der Waals surface area contributed by atoms with Crippen LogP contribution in [0.5, 0.6) is 0 Å². The van der Waals surface area contributed by atoms with Crippen LogP contribution in [-0.2, 0) is 6.42 Å². The first kappa shape index (κ1) is 16.3. The highest BCUT2D eigenvalue weighted by Crippen LogP contribution is 2.21. The van der Waals surface area contributed by atoms with E-state index in [0.717, 1.165) is 6.42 Å². The Morgan fingerprint density at radius 3 is 1.71 bits per heavy atom. The second-order valence-corrected chi connectivity index (χ2v) is 6.28. The predicted molar refractivity (Wildman–Crippen MR) is 107 cm³/mol. The molecule has 0 atom stereocenters. The molecule has 0 heterocycles. The summed E-state index contributed by atoms with van der Waals surface area (Å²) in [5.74, 6) is 0. The first-order valence-electron chi connectivity index (χ1n) is 8.61. The minimum absolute atomic E-state index is 1.12. The molecular formula is C24H24. The van der Waals surface area contributed by atoms with Crippen LogP contribution in [0.15, 0.2) is 78.9 Å². The second-order valence-electron chi connectivity index (χ2n) is 6.28. The minimum atomic E-state index is 1.12. The molecule has 4 aromatic carbocycles. The van der Waals surface area contributed by atoms with Crippen LogP contribution in [0.3, 0.4) is 0 Å². The van der Waals surface area contributed by atoms with Crippen molar-refractivity contribution in [2.75, 3.05) is 0 Å². The first-order chi connectivity index (χ1) is 11.7. The summed E-state index contributed by atoms with van der Waals surface area (Å²) in [6, 6.07) is 28.0. The summed E-state index contributed by atoms with van der Waals surface area (Å²) in [5.41, 5.74) is 4.13. The largest absolute Gasteiger partial charge is 0.0616 e. The number of benzene rings is 4. The third kappa shape index (κ3) is 3.49. The molecule has 0 saturated heterocycles. The number of hydrogen-bond donors (Lipinski definition) is 0. The van der Waals surface area contributed by atoms with Gasteiger partial charge in [0.2, 0.25) is 0 Å². The van der Waals surface area contributed by atoms with Crippen LogP contribution in [0.2, 0.25) is 0 Å². The number of rotatable bonds is 1. The van der Waals surface area contributed by atoms with Gasteiger partial charge in [0.1, 0.15) is 0 Å². The molecule has 0 spiro atoms. The SMILES string of the molecule is CCc1ccc2ccccc2c1.Cc1ccc(C)c2ccccc12. The maximum absolute atomic E-state index is 2.26. The molecule has 0 radical (unpaired) electrons. The summed E-state index contributed by atoms with van der Waals surface area (Å²) in [4.78, 5) is 0. The molecule has 0 aliphatic rings. The van der Waals surface area contributed by atoms with Crippen molar-refractivity contribution in [2.24, 2.45) is 0 Å². The van der Waals surface area contributed by atoms with Crippen LogP contribution in [0, 0.1) is 13.8 Å². The number of hydrogen-bond acceptors (Lipinski definition) is 0. The molecule has 0 aromatic heterocycles. The van der Waals surface area contributed by atoms with Crippen molar-refractivity contribution in [1.82, 2.24) is 0 Å². The van der Waals surface area contributed by atoms with Crippen LogP contribution in [0.4, 0.5) is 0 Å². The standard InChI is InChI=1S/2C12H12/c1-9-7-8-10(2)12-6-4-3-5-11(9)12;1-2-10-7-8-11-5-3-4-6-12(11)9-10/h3-8H,1-2H3;3-9H,2H2,1H3. The van der Waals surface area contributed by atoms with Crippen LogP contribution in [0.1, 0.15) is 23.6 Å². The molecule has 0 nitrogen and oxygen atoms in total. The highest BCUT2D eigenvalue weighted by Gasteiger charge is 1.97. The van der Waals surface area contributed by atoms with E-state index in [9.17, 15) is 0 Å². The van der Waals surface area contributed by atoms with Gasteiger partial charge in [0.15, 0.2) is 0 Å². The van der Waals surface area contributed by atoms with E-state index in [0.29, 0.717) is 0 Å². The lowest BCUT2D eigenvalue weighted by atomic mass is 10.0. The zero-order valence-electron chi connectivity index (χ0n) is 14.7. The summed E-state index contributed by atoms with van der Waals surface area (Å²) >= 11 is 0. The van der Waals surface area contributed by atoms with E-state index in [1.807, 2.05) is 0 Å². The fourth-order valence-corrected chi connectivity index (χ4v) is 3.06. The van der Waals surface area contributed by atoms with Crippen molar-refractivity contribution in [3.8, 4) is 0 Å². The van der Waals surface area contributed by atoms with E-state index in [-0.39, 0.29) is 0 Å². The van der Waals surface area contributed by atoms with Gasteiger partial charge in [-0.1, -0.05) is 85.8 Å². The molecule has 0 amide bonds. The average Bonchev–Trinajstić information content (AvgIpc) is 2.65. The fourth-order valence-electron chi connectivity index (χ4n) is 3.06. The van der Waals surface area contributed by atoms with Gasteiger partial charge in [-0.2, -0.15) is 0 Å². The lowest BCUT2D eigenvalue weighted by Crippen LogP contribution is -1.80. The normalized spacial score (nSPS) is 10.5. The monoisotopic (exact) mass is 312 g/mol. The van der Waals surface area contributed by atoms with E-state index >= 15 is 0 Å². The lowest BCUT2D eigenvalue weighted by Gasteiger charge is -2.03. The van der Waals surface area contributed by atoms with Crippen molar-refractivity contribution >= 4 is 21.5 Å². The molecule has 4 rings (SSSR count). The van der Waals surface area contributed by atoms with E-state index in [1.54, 1.807) is 0 Å². The van der Waals surface area contributed by atoms with Crippen molar-refractivity contribution in [1.29, 1.82) is 0 Å². The van der Waals surface area contributed by atoms with Crippen LogP contribution < -0.4 is 0 Å². The highest BCUT2D eigenvalue weighted by atomic mass is 14.0. The third-order valence-corrected chi connectivity index (χ3v) is 4.58. The molecule has 0 aliphatic heterocycles. The van der Waals surface area contributed by atoms with E-state index < -0.39 is 0 Å². The first-order valence-corrected chi connectivity index (χ1v) is 8.61. The maximum atomic E-state index is 2.26. The summed E-state index contributed by atoms with van der Waals surface area (Å²) in [7, 11) is 0. The van der Waals surface area contributed by atoms with Gasteiger partial charge in [0.05, 0.1) is 0 Å². The van der Waals surface area contributed by atoms with Crippen LogP contribution in [0.25, 0.3) is 21.5 Å². The molecule has 0 fully saturated rings. The molecular weight excluding hydrogens is 288 g/mol. The minimum Gasteiger partial charge on any atom is -0.0616 e. The van der Waals surface area contributed by atoms with Crippen LogP contribution in [-0.4, -0.2) is 0 Å². The molecule has 0 saturated carbocycles. The van der Waals surface area contributed by atoms with Gasteiger partial charge >= 0.3 is 0 Å². The quantitative estimate of drug-likeness (QED) is 0.360. The average molecular weight is 312 g/mol. The molecule has 4 aromatic rings. The zero-order chi connectivity index (χ0) is 16.9. The van der Waals surface area contributed by atoms with Crippen molar-refractivity contribution < 1.29 is 0 Å². The van der Waals surface area contributed by atoms with Gasteiger partial charge in [-0.25, -0.2) is 0 Å². The van der Waals surface area contributed by atoms with Crippen molar-refractivity contribution in [3.05, 3.63) is 95.6 Å². The molecule has 120 valence electrons. The van der Waals surface area contributed by atoms with Gasteiger partial charge in [-0.3, -0.25) is 0 Å². The van der Waals surface area contributed by atoms with Gasteiger partial charge in [0.25, 0.3) is 0 Å². The van der Waals surface area contributed by atoms with Crippen LogP contribution >= 0.6 is 0 Å². The Bertz CT molecular complexity index is 923.